The highest BCUT2D eigenvalue weighted by Crippen LogP contribution is 2.10. The molecule has 0 spiro atoms. The molecule has 0 aliphatic carbocycles. The van der Waals surface area contributed by atoms with Gasteiger partial charge in [-0.3, -0.25) is 9.59 Å². The highest BCUT2D eigenvalue weighted by Gasteiger charge is 2.27. The number of hydrogen-bond donors (Lipinski definition) is 1. The topological polar surface area (TPSA) is 81.7 Å². The molecule has 0 bridgehead atoms. The second-order valence-electron chi connectivity index (χ2n) is 4.97. The van der Waals surface area contributed by atoms with Crippen molar-refractivity contribution in [2.75, 3.05) is 14.2 Å². The largest absolute Gasteiger partial charge is 0.469 e. The number of hydrogen-bond acceptors (Lipinski definition) is 5. The van der Waals surface area contributed by atoms with Crippen LogP contribution in [0.5, 0.6) is 0 Å². The Morgan fingerprint density at radius 3 is 2.18 bits per heavy atom. The standard InChI is InChI=1S/C16H21NO5/c1-11(15(19)21-2)9-13(16(20)22-3)17-14(18)10-12-7-5-4-6-8-12/h4-8,11,13H,9-10H2,1-3H3,(H,17,18)/t11-,13-/m1/s1. The molecule has 0 fully saturated rings. The van der Waals surface area contributed by atoms with Gasteiger partial charge in [0.15, 0.2) is 0 Å². The summed E-state index contributed by atoms with van der Waals surface area (Å²) in [4.78, 5) is 35.2. The van der Waals surface area contributed by atoms with E-state index in [0.717, 1.165) is 5.56 Å². The van der Waals surface area contributed by atoms with Crippen molar-refractivity contribution in [3.8, 4) is 0 Å². The first-order chi connectivity index (χ1) is 10.5. The van der Waals surface area contributed by atoms with Gasteiger partial charge in [0, 0.05) is 0 Å². The molecule has 6 heteroatoms. The van der Waals surface area contributed by atoms with Crippen LogP contribution in [0.4, 0.5) is 0 Å². The molecule has 0 unspecified atom stereocenters. The monoisotopic (exact) mass is 307 g/mol. The molecule has 0 saturated carbocycles. The molecule has 1 aromatic carbocycles. The Labute approximate surface area is 129 Å². The molecule has 0 aliphatic heterocycles. The van der Waals surface area contributed by atoms with Crippen molar-refractivity contribution in [1.29, 1.82) is 0 Å². The molecule has 1 rings (SSSR count). The molecule has 120 valence electrons. The van der Waals surface area contributed by atoms with Gasteiger partial charge in [0.1, 0.15) is 6.04 Å². The van der Waals surface area contributed by atoms with E-state index in [0.29, 0.717) is 0 Å². The van der Waals surface area contributed by atoms with E-state index in [1.807, 2.05) is 30.3 Å². The van der Waals surface area contributed by atoms with Crippen molar-refractivity contribution in [2.45, 2.75) is 25.8 Å². The summed E-state index contributed by atoms with van der Waals surface area (Å²) in [5.41, 5.74) is 0.838. The Kier molecular flexibility index (Phi) is 7.08. The number of rotatable bonds is 7. The second-order valence-corrected chi connectivity index (χ2v) is 4.97. The highest BCUT2D eigenvalue weighted by molar-refractivity contribution is 5.86. The summed E-state index contributed by atoms with van der Waals surface area (Å²) in [5.74, 6) is -1.85. The van der Waals surface area contributed by atoms with Crippen LogP contribution in [0.3, 0.4) is 0 Å². The lowest BCUT2D eigenvalue weighted by atomic mass is 10.0. The zero-order valence-electron chi connectivity index (χ0n) is 13.0. The van der Waals surface area contributed by atoms with E-state index in [4.69, 9.17) is 0 Å². The number of nitrogens with one attached hydrogen (secondary N) is 1. The van der Waals surface area contributed by atoms with Crippen molar-refractivity contribution in [1.82, 2.24) is 5.32 Å². The summed E-state index contributed by atoms with van der Waals surface area (Å²) in [6.45, 7) is 1.63. The van der Waals surface area contributed by atoms with E-state index in [9.17, 15) is 14.4 Å². The molecule has 0 aromatic heterocycles. The van der Waals surface area contributed by atoms with Crippen LogP contribution >= 0.6 is 0 Å². The second kappa shape index (κ2) is 8.81. The number of amides is 1. The predicted molar refractivity (Wildman–Crippen MR) is 79.9 cm³/mol. The third kappa shape index (κ3) is 5.55. The molecule has 2 atom stereocenters. The lowest BCUT2D eigenvalue weighted by molar-refractivity contribution is -0.148. The summed E-state index contributed by atoms with van der Waals surface area (Å²) in [5, 5.41) is 2.60. The smallest absolute Gasteiger partial charge is 0.328 e. The van der Waals surface area contributed by atoms with Crippen molar-refractivity contribution < 1.29 is 23.9 Å². The number of carbonyl (C=O) groups is 3. The molecule has 1 aromatic rings. The molecular weight excluding hydrogens is 286 g/mol. The van der Waals surface area contributed by atoms with E-state index < -0.39 is 23.9 Å². The minimum atomic E-state index is -0.879. The van der Waals surface area contributed by atoms with Crippen molar-refractivity contribution in [3.63, 3.8) is 0 Å². The Morgan fingerprint density at radius 1 is 1.05 bits per heavy atom. The van der Waals surface area contributed by atoms with Gasteiger partial charge in [0.2, 0.25) is 5.91 Å². The summed E-state index contributed by atoms with van der Waals surface area (Å²) in [7, 11) is 2.52. The van der Waals surface area contributed by atoms with Crippen molar-refractivity contribution >= 4 is 17.8 Å². The van der Waals surface area contributed by atoms with E-state index in [2.05, 4.69) is 14.8 Å². The zero-order valence-corrected chi connectivity index (χ0v) is 13.0. The molecule has 6 nitrogen and oxygen atoms in total. The Balaban J connectivity index is 2.66. The van der Waals surface area contributed by atoms with E-state index in [1.165, 1.54) is 14.2 Å². The fourth-order valence-electron chi connectivity index (χ4n) is 2.03. The van der Waals surface area contributed by atoms with Gasteiger partial charge >= 0.3 is 11.9 Å². The Hall–Kier alpha value is -2.37. The normalized spacial score (nSPS) is 12.9. The quantitative estimate of drug-likeness (QED) is 0.763. The van der Waals surface area contributed by atoms with Crippen LogP contribution in [0.2, 0.25) is 0 Å². The van der Waals surface area contributed by atoms with Crippen LogP contribution in [-0.2, 0) is 30.3 Å². The lowest BCUT2D eigenvalue weighted by Gasteiger charge is -2.19. The van der Waals surface area contributed by atoms with Crippen LogP contribution in [0, 0.1) is 5.92 Å². The summed E-state index contributed by atoms with van der Waals surface area (Å²) < 4.78 is 9.30. The van der Waals surface area contributed by atoms with Gasteiger partial charge in [-0.2, -0.15) is 0 Å². The van der Waals surface area contributed by atoms with Gasteiger partial charge in [-0.1, -0.05) is 37.3 Å². The molecule has 0 radical (unpaired) electrons. The molecule has 0 aliphatic rings. The van der Waals surface area contributed by atoms with E-state index in [1.54, 1.807) is 6.92 Å². The lowest BCUT2D eigenvalue weighted by Crippen LogP contribution is -2.44. The van der Waals surface area contributed by atoms with Crippen LogP contribution in [0.25, 0.3) is 0 Å². The Bertz CT molecular complexity index is 515. The molecule has 1 amide bonds. The minimum Gasteiger partial charge on any atom is -0.469 e. The SMILES string of the molecule is COC(=O)[C@H](C)C[C@@H](NC(=O)Cc1ccccc1)C(=O)OC. The summed E-state index contributed by atoms with van der Waals surface area (Å²) >= 11 is 0. The highest BCUT2D eigenvalue weighted by atomic mass is 16.5. The van der Waals surface area contributed by atoms with Gasteiger partial charge in [-0.25, -0.2) is 4.79 Å². The first-order valence-electron chi connectivity index (χ1n) is 6.96. The predicted octanol–water partition coefficient (Wildman–Crippen LogP) is 1.09. The number of carbonyl (C=O) groups excluding carboxylic acids is 3. The number of esters is 2. The van der Waals surface area contributed by atoms with Crippen molar-refractivity contribution in [3.05, 3.63) is 35.9 Å². The zero-order chi connectivity index (χ0) is 16.5. The van der Waals surface area contributed by atoms with Crippen molar-refractivity contribution in [2.24, 2.45) is 5.92 Å². The average molecular weight is 307 g/mol. The van der Waals surface area contributed by atoms with Gasteiger partial charge in [-0.15, -0.1) is 0 Å². The molecule has 0 heterocycles. The molecule has 0 saturated heterocycles. The average Bonchev–Trinajstić information content (AvgIpc) is 2.53. The van der Waals surface area contributed by atoms with E-state index in [-0.39, 0.29) is 18.7 Å². The van der Waals surface area contributed by atoms with Crippen LogP contribution in [0.1, 0.15) is 18.9 Å². The molecular formula is C16H21NO5. The van der Waals surface area contributed by atoms with Crippen LogP contribution in [0.15, 0.2) is 30.3 Å². The number of ether oxygens (including phenoxy) is 2. The van der Waals surface area contributed by atoms with Gasteiger partial charge in [0.05, 0.1) is 26.6 Å². The Morgan fingerprint density at radius 2 is 1.64 bits per heavy atom. The van der Waals surface area contributed by atoms with Crippen LogP contribution < -0.4 is 5.32 Å². The first kappa shape index (κ1) is 17.7. The fraction of sp³-hybridized carbons (Fsp3) is 0.438. The summed E-state index contributed by atoms with van der Waals surface area (Å²) in [6, 6.07) is 8.29. The fourth-order valence-corrected chi connectivity index (χ4v) is 2.03. The third-order valence-corrected chi connectivity index (χ3v) is 3.22. The first-order valence-corrected chi connectivity index (χ1v) is 6.96. The maximum absolute atomic E-state index is 12.0. The van der Waals surface area contributed by atoms with Gasteiger partial charge in [0.25, 0.3) is 0 Å². The minimum absolute atomic E-state index is 0.125. The molecule has 1 N–H and O–H groups in total. The maximum Gasteiger partial charge on any atom is 0.328 e. The third-order valence-electron chi connectivity index (χ3n) is 3.22. The summed E-state index contributed by atoms with van der Waals surface area (Å²) in [6.07, 6.45) is 0.279. The van der Waals surface area contributed by atoms with Gasteiger partial charge < -0.3 is 14.8 Å². The van der Waals surface area contributed by atoms with Gasteiger partial charge in [-0.05, 0) is 12.0 Å². The number of benzene rings is 1. The molecule has 22 heavy (non-hydrogen) atoms. The maximum atomic E-state index is 12.0. The number of methoxy groups -OCH3 is 2. The van der Waals surface area contributed by atoms with Crippen LogP contribution in [-0.4, -0.2) is 38.1 Å². The van der Waals surface area contributed by atoms with E-state index >= 15 is 0 Å².